The zero-order chi connectivity index (χ0) is 31.3. The molecular weight excluding hydrogens is 574 g/mol. The molecular formula is C43H29N3O. The number of benzene rings is 6. The first kappa shape index (κ1) is 26.2. The summed E-state index contributed by atoms with van der Waals surface area (Å²) in [6.07, 6.45) is 0. The van der Waals surface area contributed by atoms with E-state index in [4.69, 9.17) is 14.4 Å². The van der Waals surface area contributed by atoms with Gasteiger partial charge in [0, 0.05) is 38.8 Å². The summed E-state index contributed by atoms with van der Waals surface area (Å²) < 4.78 is 9.06. The lowest BCUT2D eigenvalue weighted by Crippen LogP contribution is -2.16. The summed E-state index contributed by atoms with van der Waals surface area (Å²) >= 11 is 0. The third-order valence-electron chi connectivity index (χ3n) is 10.00. The summed E-state index contributed by atoms with van der Waals surface area (Å²) in [6.45, 7) is 4.70. The van der Waals surface area contributed by atoms with Gasteiger partial charge in [-0.15, -0.1) is 0 Å². The summed E-state index contributed by atoms with van der Waals surface area (Å²) in [5.41, 5.74) is 11.9. The van der Waals surface area contributed by atoms with Crippen molar-refractivity contribution in [3.05, 3.63) is 151 Å². The standard InChI is InChI=1S/C43H29N3O/c1-43(2)33-19-11-9-17-28(33)30-21-22-32-38-35(24-23-31-29-18-10-12-20-36(29)47-41(31)38)46(40(32)39(30)43)37-25-34(26-13-5-3-6-14-26)44-42(45-37)27-15-7-4-8-16-27/h3-25H,1-2H3. The molecule has 0 spiro atoms. The Morgan fingerprint density at radius 2 is 1.30 bits per heavy atom. The van der Waals surface area contributed by atoms with E-state index in [2.05, 4.69) is 128 Å². The average Bonchev–Trinajstić information content (AvgIpc) is 3.74. The molecule has 0 fully saturated rings. The molecule has 6 aromatic carbocycles. The van der Waals surface area contributed by atoms with Crippen molar-refractivity contribution in [1.29, 1.82) is 0 Å². The maximum atomic E-state index is 6.70. The lowest BCUT2D eigenvalue weighted by atomic mass is 9.81. The molecule has 1 aliphatic rings. The van der Waals surface area contributed by atoms with Crippen LogP contribution in [0.25, 0.3) is 83.3 Å². The van der Waals surface area contributed by atoms with E-state index in [-0.39, 0.29) is 5.41 Å². The largest absolute Gasteiger partial charge is 0.455 e. The number of hydrogen-bond donors (Lipinski definition) is 0. The Morgan fingerprint density at radius 1 is 0.596 bits per heavy atom. The highest BCUT2D eigenvalue weighted by Gasteiger charge is 2.39. The van der Waals surface area contributed by atoms with Gasteiger partial charge >= 0.3 is 0 Å². The van der Waals surface area contributed by atoms with Gasteiger partial charge in [-0.05, 0) is 40.5 Å². The van der Waals surface area contributed by atoms with Crippen molar-refractivity contribution in [1.82, 2.24) is 14.5 Å². The molecule has 0 unspecified atom stereocenters. The molecule has 0 bridgehead atoms. The van der Waals surface area contributed by atoms with E-state index in [1.807, 2.05) is 30.3 Å². The zero-order valence-corrected chi connectivity index (χ0v) is 26.0. The Hall–Kier alpha value is -6.00. The highest BCUT2D eigenvalue weighted by Crippen LogP contribution is 2.53. The van der Waals surface area contributed by atoms with Crippen molar-refractivity contribution in [3.63, 3.8) is 0 Å². The molecule has 0 saturated heterocycles. The van der Waals surface area contributed by atoms with Crippen LogP contribution < -0.4 is 0 Å². The third-order valence-corrected chi connectivity index (χ3v) is 10.00. The maximum absolute atomic E-state index is 6.70. The molecule has 9 aromatic rings. The molecule has 4 heteroatoms. The van der Waals surface area contributed by atoms with E-state index in [0.717, 1.165) is 66.4 Å². The first-order valence-corrected chi connectivity index (χ1v) is 16.1. The molecule has 47 heavy (non-hydrogen) atoms. The van der Waals surface area contributed by atoms with Crippen molar-refractivity contribution in [2.75, 3.05) is 0 Å². The number of rotatable bonds is 3. The van der Waals surface area contributed by atoms with Crippen LogP contribution in [0.3, 0.4) is 0 Å². The van der Waals surface area contributed by atoms with Crippen LogP contribution in [-0.4, -0.2) is 14.5 Å². The van der Waals surface area contributed by atoms with Crippen LogP contribution in [0.15, 0.2) is 144 Å². The van der Waals surface area contributed by atoms with E-state index in [0.29, 0.717) is 5.82 Å². The molecule has 3 aromatic heterocycles. The summed E-state index contributed by atoms with van der Waals surface area (Å²) in [7, 11) is 0. The number of fused-ring (bicyclic) bond motifs is 11. The van der Waals surface area contributed by atoms with Gasteiger partial charge in [-0.25, -0.2) is 9.97 Å². The molecule has 0 N–H and O–H groups in total. The van der Waals surface area contributed by atoms with Gasteiger partial charge in [0.15, 0.2) is 5.82 Å². The highest BCUT2D eigenvalue weighted by atomic mass is 16.3. The number of para-hydroxylation sites is 1. The Kier molecular flexibility index (Phi) is 5.31. The van der Waals surface area contributed by atoms with Gasteiger partial charge in [0.25, 0.3) is 0 Å². The van der Waals surface area contributed by atoms with Crippen LogP contribution in [0.4, 0.5) is 0 Å². The van der Waals surface area contributed by atoms with Gasteiger partial charge in [0.1, 0.15) is 17.0 Å². The molecule has 4 nitrogen and oxygen atoms in total. The minimum absolute atomic E-state index is 0.234. The van der Waals surface area contributed by atoms with Gasteiger partial charge < -0.3 is 4.42 Å². The molecule has 222 valence electrons. The molecule has 0 aliphatic heterocycles. The van der Waals surface area contributed by atoms with Gasteiger partial charge in [-0.3, -0.25) is 4.57 Å². The van der Waals surface area contributed by atoms with Crippen LogP contribution >= 0.6 is 0 Å². The topological polar surface area (TPSA) is 43.9 Å². The summed E-state index contributed by atoms with van der Waals surface area (Å²) in [5.74, 6) is 1.52. The summed E-state index contributed by atoms with van der Waals surface area (Å²) in [6, 6.07) is 49.0. The predicted molar refractivity (Wildman–Crippen MR) is 192 cm³/mol. The van der Waals surface area contributed by atoms with Crippen LogP contribution in [0.5, 0.6) is 0 Å². The van der Waals surface area contributed by atoms with Crippen molar-refractivity contribution in [3.8, 4) is 39.6 Å². The van der Waals surface area contributed by atoms with Crippen molar-refractivity contribution in [2.24, 2.45) is 0 Å². The molecule has 1 aliphatic carbocycles. The molecule has 0 amide bonds. The fourth-order valence-corrected chi connectivity index (χ4v) is 7.89. The van der Waals surface area contributed by atoms with E-state index in [1.54, 1.807) is 0 Å². The zero-order valence-electron chi connectivity index (χ0n) is 26.0. The Labute approximate surface area is 271 Å². The van der Waals surface area contributed by atoms with Crippen LogP contribution in [-0.2, 0) is 5.41 Å². The fourth-order valence-electron chi connectivity index (χ4n) is 7.89. The fraction of sp³-hybridized carbons (Fsp3) is 0.0698. The van der Waals surface area contributed by atoms with Gasteiger partial charge in [-0.2, -0.15) is 0 Å². The van der Waals surface area contributed by atoms with E-state index < -0.39 is 0 Å². The Morgan fingerprint density at radius 3 is 2.13 bits per heavy atom. The second-order valence-electron chi connectivity index (χ2n) is 13.0. The molecule has 10 rings (SSSR count). The van der Waals surface area contributed by atoms with Crippen molar-refractivity contribution in [2.45, 2.75) is 19.3 Å². The van der Waals surface area contributed by atoms with Crippen LogP contribution in [0, 0.1) is 0 Å². The van der Waals surface area contributed by atoms with E-state index >= 15 is 0 Å². The summed E-state index contributed by atoms with van der Waals surface area (Å²) in [4.78, 5) is 10.5. The minimum atomic E-state index is -0.234. The minimum Gasteiger partial charge on any atom is -0.455 e. The Bertz CT molecular complexity index is 2640. The quantitative estimate of drug-likeness (QED) is 0.202. The molecule has 0 radical (unpaired) electrons. The lowest BCUT2D eigenvalue weighted by Gasteiger charge is -2.23. The molecule has 0 atom stereocenters. The number of nitrogens with zero attached hydrogens (tertiary/aromatic N) is 3. The number of hydrogen-bond acceptors (Lipinski definition) is 3. The first-order chi connectivity index (χ1) is 23.1. The van der Waals surface area contributed by atoms with E-state index in [9.17, 15) is 0 Å². The third kappa shape index (κ3) is 3.64. The normalized spacial score (nSPS) is 13.5. The summed E-state index contributed by atoms with van der Waals surface area (Å²) in [5, 5.41) is 4.50. The van der Waals surface area contributed by atoms with E-state index in [1.165, 1.54) is 22.3 Å². The predicted octanol–water partition coefficient (Wildman–Crippen LogP) is 11.1. The highest BCUT2D eigenvalue weighted by molar-refractivity contribution is 6.25. The first-order valence-electron chi connectivity index (χ1n) is 16.1. The van der Waals surface area contributed by atoms with Crippen LogP contribution in [0.1, 0.15) is 25.0 Å². The lowest BCUT2D eigenvalue weighted by molar-refractivity contribution is 0.663. The molecule has 0 saturated carbocycles. The second kappa shape index (κ2) is 9.51. The number of furan rings is 1. The number of aromatic nitrogens is 3. The second-order valence-corrected chi connectivity index (χ2v) is 13.0. The molecule has 3 heterocycles. The van der Waals surface area contributed by atoms with Gasteiger partial charge in [-0.1, -0.05) is 129 Å². The smallest absolute Gasteiger partial charge is 0.162 e. The average molecular weight is 604 g/mol. The van der Waals surface area contributed by atoms with Crippen molar-refractivity contribution >= 4 is 43.7 Å². The van der Waals surface area contributed by atoms with Crippen molar-refractivity contribution < 1.29 is 4.42 Å². The van der Waals surface area contributed by atoms with Crippen LogP contribution in [0.2, 0.25) is 0 Å². The van der Waals surface area contributed by atoms with Gasteiger partial charge in [0.05, 0.1) is 22.1 Å². The van der Waals surface area contributed by atoms with Gasteiger partial charge in [0.2, 0.25) is 0 Å². The Balaban J connectivity index is 1.40. The SMILES string of the molecule is CC1(C)c2ccccc2-c2ccc3c4c5oc6ccccc6c5ccc4n(-c4cc(-c5ccccc5)nc(-c5ccccc5)n4)c3c21. The monoisotopic (exact) mass is 603 g/mol. The maximum Gasteiger partial charge on any atom is 0.162 e.